The maximum Gasteiger partial charge on any atom is 0.160 e. The quantitative estimate of drug-likeness (QED) is 0.0837. The van der Waals surface area contributed by atoms with Crippen molar-refractivity contribution in [3.05, 3.63) is 102 Å². The number of aryl methyl sites for hydroxylation is 1. The van der Waals surface area contributed by atoms with Gasteiger partial charge in [-0.25, -0.2) is 4.98 Å². The molecule has 1 aromatic heterocycles. The van der Waals surface area contributed by atoms with Crippen LogP contribution in [0.1, 0.15) is 56.4 Å². The van der Waals surface area contributed by atoms with E-state index >= 15 is 0 Å². The normalized spacial score (nSPS) is 12.0. The molecule has 232 valence electrons. The minimum Gasteiger partial charge on any atom is -0.494 e. The summed E-state index contributed by atoms with van der Waals surface area (Å²) >= 11 is 0. The standard InChI is InChI=1S/C36H41FN2O4S/c1-3-5-21-42-34-14-10-29(11-15-34)30-12-18-36(43-22-6-19-37)31(24-30)9-13-33(40)23-28-7-16-35(17-8-28)44(41)26-32-25-38-27-39(32)20-4-2/h7-18,24-25,27H,3-6,19-23,26H2,1-2H3/b13-9+/t44-/m1/s1. The number of nitrogens with zero attached hydrogens (tertiary/aromatic N) is 2. The number of ether oxygens (including phenoxy) is 2. The SMILES string of the molecule is CCCCOc1ccc(-c2ccc(OCCCF)c(/C=C/C(=O)Cc3ccc([S@](=O)Cc4cncn4CCC)cc3)c2)cc1. The molecule has 0 aliphatic heterocycles. The number of carbonyl (C=O) groups is 1. The summed E-state index contributed by atoms with van der Waals surface area (Å²) < 4.78 is 39.3. The fraction of sp³-hybridized carbons (Fsp3) is 0.333. The van der Waals surface area contributed by atoms with Gasteiger partial charge < -0.3 is 14.0 Å². The van der Waals surface area contributed by atoms with Crippen molar-refractivity contribution in [2.75, 3.05) is 19.9 Å². The van der Waals surface area contributed by atoms with Gasteiger partial charge in [0.15, 0.2) is 5.78 Å². The second kappa shape index (κ2) is 17.3. The number of benzene rings is 3. The third kappa shape index (κ3) is 9.74. The molecule has 0 fully saturated rings. The molecule has 0 spiro atoms. The van der Waals surface area contributed by atoms with E-state index < -0.39 is 17.5 Å². The maximum absolute atomic E-state index is 12.9. The van der Waals surface area contributed by atoms with Crippen molar-refractivity contribution in [1.82, 2.24) is 9.55 Å². The lowest BCUT2D eigenvalue weighted by atomic mass is 10.0. The van der Waals surface area contributed by atoms with Gasteiger partial charge in [-0.2, -0.15) is 0 Å². The monoisotopic (exact) mass is 616 g/mol. The summed E-state index contributed by atoms with van der Waals surface area (Å²) in [5.74, 6) is 1.75. The van der Waals surface area contributed by atoms with Crippen molar-refractivity contribution >= 4 is 22.7 Å². The smallest absolute Gasteiger partial charge is 0.160 e. The highest BCUT2D eigenvalue weighted by molar-refractivity contribution is 7.84. The Morgan fingerprint density at radius 1 is 0.932 bits per heavy atom. The van der Waals surface area contributed by atoms with E-state index in [9.17, 15) is 13.4 Å². The number of hydrogen-bond acceptors (Lipinski definition) is 5. The Balaban J connectivity index is 1.42. The Kier molecular flexibility index (Phi) is 12.9. The number of alkyl halides is 1. The van der Waals surface area contributed by atoms with Crippen molar-refractivity contribution in [2.24, 2.45) is 0 Å². The molecular weight excluding hydrogens is 575 g/mol. The second-order valence-corrected chi connectivity index (χ2v) is 12.0. The molecule has 0 aliphatic carbocycles. The van der Waals surface area contributed by atoms with Gasteiger partial charge in [-0.1, -0.05) is 50.6 Å². The second-order valence-electron chi connectivity index (χ2n) is 10.6. The van der Waals surface area contributed by atoms with E-state index in [0.29, 0.717) is 29.4 Å². The summed E-state index contributed by atoms with van der Waals surface area (Å²) in [5, 5.41) is 0. The molecule has 6 nitrogen and oxygen atoms in total. The largest absolute Gasteiger partial charge is 0.494 e. The maximum atomic E-state index is 12.9. The van der Waals surface area contributed by atoms with Crippen LogP contribution in [0.2, 0.25) is 0 Å². The van der Waals surface area contributed by atoms with Gasteiger partial charge in [0.05, 0.1) is 48.5 Å². The molecule has 0 saturated carbocycles. The Morgan fingerprint density at radius 3 is 2.41 bits per heavy atom. The lowest BCUT2D eigenvalue weighted by Crippen LogP contribution is -2.05. The molecule has 0 N–H and O–H groups in total. The summed E-state index contributed by atoms with van der Waals surface area (Å²) in [4.78, 5) is 17.8. The predicted molar refractivity (Wildman–Crippen MR) is 175 cm³/mol. The zero-order valence-electron chi connectivity index (χ0n) is 25.5. The number of imidazole rings is 1. The summed E-state index contributed by atoms with van der Waals surface area (Å²) in [6.07, 6.45) is 10.4. The van der Waals surface area contributed by atoms with E-state index in [-0.39, 0.29) is 18.8 Å². The topological polar surface area (TPSA) is 70.4 Å². The molecule has 0 bridgehead atoms. The van der Waals surface area contributed by atoms with Gasteiger partial charge in [0, 0.05) is 36.0 Å². The average molecular weight is 617 g/mol. The Bertz CT molecular complexity index is 1530. The van der Waals surface area contributed by atoms with Gasteiger partial charge in [0.1, 0.15) is 11.5 Å². The first-order valence-electron chi connectivity index (χ1n) is 15.2. The minimum absolute atomic E-state index is 0.0731. The Hall–Kier alpha value is -4.04. The van der Waals surface area contributed by atoms with Gasteiger partial charge in [-0.3, -0.25) is 13.4 Å². The molecule has 8 heteroatoms. The number of hydrogen-bond donors (Lipinski definition) is 0. The fourth-order valence-electron chi connectivity index (χ4n) is 4.63. The average Bonchev–Trinajstić information content (AvgIpc) is 3.47. The minimum atomic E-state index is -1.21. The highest BCUT2D eigenvalue weighted by Crippen LogP contribution is 2.29. The number of allylic oxidation sites excluding steroid dienone is 1. The van der Waals surface area contributed by atoms with Gasteiger partial charge in [-0.15, -0.1) is 0 Å². The van der Waals surface area contributed by atoms with Gasteiger partial charge in [0.2, 0.25) is 0 Å². The third-order valence-corrected chi connectivity index (χ3v) is 8.41. The number of unbranched alkanes of at least 4 members (excludes halogenated alkanes) is 1. The molecule has 4 rings (SSSR count). The lowest BCUT2D eigenvalue weighted by molar-refractivity contribution is -0.113. The number of halogens is 1. The fourth-order valence-corrected chi connectivity index (χ4v) is 5.75. The van der Waals surface area contributed by atoms with E-state index in [4.69, 9.17) is 9.47 Å². The molecule has 1 atom stereocenters. The van der Waals surface area contributed by atoms with Crippen LogP contribution in [0.3, 0.4) is 0 Å². The highest BCUT2D eigenvalue weighted by Gasteiger charge is 2.11. The lowest BCUT2D eigenvalue weighted by Gasteiger charge is -2.12. The van der Waals surface area contributed by atoms with Crippen LogP contribution in [0, 0.1) is 0 Å². The van der Waals surface area contributed by atoms with Crippen molar-refractivity contribution in [3.8, 4) is 22.6 Å². The molecule has 44 heavy (non-hydrogen) atoms. The van der Waals surface area contributed by atoms with Gasteiger partial charge >= 0.3 is 0 Å². The van der Waals surface area contributed by atoms with Crippen LogP contribution in [0.15, 0.2) is 90.2 Å². The Labute approximate surface area is 262 Å². The highest BCUT2D eigenvalue weighted by atomic mass is 32.2. The van der Waals surface area contributed by atoms with E-state index in [1.165, 1.54) is 0 Å². The van der Waals surface area contributed by atoms with E-state index in [1.807, 2.05) is 71.3 Å². The first-order valence-corrected chi connectivity index (χ1v) is 16.6. The molecule has 3 aromatic carbocycles. The van der Waals surface area contributed by atoms with Gasteiger partial charge in [-0.05, 0) is 78.1 Å². The molecule has 1 heterocycles. The third-order valence-electron chi connectivity index (χ3n) is 7.05. The molecule has 4 aromatic rings. The first-order chi connectivity index (χ1) is 21.5. The predicted octanol–water partition coefficient (Wildman–Crippen LogP) is 8.01. The van der Waals surface area contributed by atoms with Crippen molar-refractivity contribution < 1.29 is 22.9 Å². The molecular formula is C36H41FN2O4S. The van der Waals surface area contributed by atoms with Gasteiger partial charge in [0.25, 0.3) is 0 Å². The number of aromatic nitrogens is 2. The van der Waals surface area contributed by atoms with E-state index in [2.05, 4.69) is 18.8 Å². The van der Waals surface area contributed by atoms with Crippen LogP contribution < -0.4 is 9.47 Å². The van der Waals surface area contributed by atoms with Crippen LogP contribution in [0.4, 0.5) is 4.39 Å². The van der Waals surface area contributed by atoms with Crippen LogP contribution in [0.5, 0.6) is 11.5 Å². The molecule has 0 aliphatic rings. The van der Waals surface area contributed by atoms with Crippen molar-refractivity contribution in [2.45, 2.75) is 63.1 Å². The van der Waals surface area contributed by atoms with Crippen molar-refractivity contribution in [1.29, 1.82) is 0 Å². The van der Waals surface area contributed by atoms with Crippen LogP contribution in [0.25, 0.3) is 17.2 Å². The molecule has 0 amide bonds. The molecule has 0 unspecified atom stereocenters. The van der Waals surface area contributed by atoms with Crippen LogP contribution >= 0.6 is 0 Å². The molecule has 0 saturated heterocycles. The zero-order chi connectivity index (χ0) is 31.1. The number of ketones is 1. The van der Waals surface area contributed by atoms with E-state index in [1.54, 1.807) is 24.7 Å². The summed E-state index contributed by atoms with van der Waals surface area (Å²) in [6.45, 7) is 5.57. The summed E-state index contributed by atoms with van der Waals surface area (Å²) in [7, 11) is -1.21. The first kappa shape index (κ1) is 32.9. The number of carbonyl (C=O) groups excluding carboxylic acids is 1. The molecule has 0 radical (unpaired) electrons. The van der Waals surface area contributed by atoms with E-state index in [0.717, 1.165) is 59.5 Å². The zero-order valence-corrected chi connectivity index (χ0v) is 26.4. The van der Waals surface area contributed by atoms with Crippen molar-refractivity contribution in [3.63, 3.8) is 0 Å². The van der Waals surface area contributed by atoms with Crippen LogP contribution in [-0.4, -0.2) is 39.4 Å². The number of rotatable bonds is 18. The summed E-state index contributed by atoms with van der Waals surface area (Å²) in [5.41, 5.74) is 4.50. The Morgan fingerprint density at radius 2 is 1.68 bits per heavy atom. The van der Waals surface area contributed by atoms with Crippen LogP contribution in [-0.2, 0) is 34.3 Å². The summed E-state index contributed by atoms with van der Waals surface area (Å²) in [6, 6.07) is 21.1.